The Bertz CT molecular complexity index is 431. The van der Waals surface area contributed by atoms with E-state index in [2.05, 4.69) is 40.9 Å². The number of hydrogen-bond donors (Lipinski definition) is 0. The van der Waals surface area contributed by atoms with E-state index >= 15 is 0 Å². The molecule has 1 aliphatic rings. The number of carbonyl (C=O) groups excluding carboxylic acids is 1. The number of fused-ring (bicyclic) bond motifs is 1. The van der Waals surface area contributed by atoms with Gasteiger partial charge in [0.1, 0.15) is 0 Å². The molecule has 19 heavy (non-hydrogen) atoms. The molecular formula is C16H23NO2. The lowest BCUT2D eigenvalue weighted by atomic mass is 9.87. The number of esters is 1. The molecule has 0 bridgehead atoms. The number of ether oxygens (including phenoxy) is 1. The zero-order valence-electron chi connectivity index (χ0n) is 11.9. The molecule has 0 spiro atoms. The van der Waals surface area contributed by atoms with Crippen molar-refractivity contribution in [2.45, 2.75) is 38.1 Å². The molecule has 2 rings (SSSR count). The van der Waals surface area contributed by atoms with Crippen LogP contribution in [0.4, 0.5) is 0 Å². The van der Waals surface area contributed by atoms with E-state index in [1.807, 2.05) is 0 Å². The molecule has 0 unspecified atom stereocenters. The van der Waals surface area contributed by atoms with Gasteiger partial charge in [-0.2, -0.15) is 0 Å². The second-order valence-electron chi connectivity index (χ2n) is 5.33. The molecule has 0 amide bonds. The molecule has 0 heterocycles. The van der Waals surface area contributed by atoms with Gasteiger partial charge in [0.25, 0.3) is 0 Å². The van der Waals surface area contributed by atoms with Crippen LogP contribution in [0.2, 0.25) is 0 Å². The number of methoxy groups -OCH3 is 1. The third-order valence-corrected chi connectivity index (χ3v) is 4.06. The van der Waals surface area contributed by atoms with Crippen molar-refractivity contribution in [2.24, 2.45) is 0 Å². The minimum Gasteiger partial charge on any atom is -0.469 e. The molecule has 0 fully saturated rings. The van der Waals surface area contributed by atoms with Crippen LogP contribution in [0.3, 0.4) is 0 Å². The van der Waals surface area contributed by atoms with Crippen molar-refractivity contribution in [1.29, 1.82) is 0 Å². The Kier molecular flexibility index (Phi) is 4.97. The van der Waals surface area contributed by atoms with E-state index in [1.54, 1.807) is 0 Å². The Morgan fingerprint density at radius 3 is 2.84 bits per heavy atom. The smallest absolute Gasteiger partial charge is 0.305 e. The van der Waals surface area contributed by atoms with E-state index < -0.39 is 0 Å². The second kappa shape index (κ2) is 6.71. The lowest BCUT2D eigenvalue weighted by molar-refractivity contribution is -0.140. The summed E-state index contributed by atoms with van der Waals surface area (Å²) in [7, 11) is 3.61. The highest BCUT2D eigenvalue weighted by Gasteiger charge is 2.21. The molecule has 0 saturated heterocycles. The van der Waals surface area contributed by atoms with Gasteiger partial charge in [0.05, 0.1) is 7.11 Å². The van der Waals surface area contributed by atoms with Crippen molar-refractivity contribution in [1.82, 2.24) is 4.90 Å². The topological polar surface area (TPSA) is 29.5 Å². The first-order chi connectivity index (χ1) is 9.20. The monoisotopic (exact) mass is 261 g/mol. The van der Waals surface area contributed by atoms with Gasteiger partial charge in [0.2, 0.25) is 0 Å². The number of benzene rings is 1. The summed E-state index contributed by atoms with van der Waals surface area (Å²) < 4.78 is 4.67. The molecule has 1 atom stereocenters. The molecule has 0 saturated carbocycles. The van der Waals surface area contributed by atoms with Gasteiger partial charge < -0.3 is 9.64 Å². The van der Waals surface area contributed by atoms with E-state index in [0.717, 1.165) is 19.4 Å². The fourth-order valence-electron chi connectivity index (χ4n) is 2.81. The first-order valence-corrected chi connectivity index (χ1v) is 7.04. The van der Waals surface area contributed by atoms with E-state index in [0.29, 0.717) is 12.5 Å². The Balaban J connectivity index is 1.82. The van der Waals surface area contributed by atoms with Crippen molar-refractivity contribution in [2.75, 3.05) is 20.7 Å². The van der Waals surface area contributed by atoms with Crippen molar-refractivity contribution in [3.05, 3.63) is 35.4 Å². The van der Waals surface area contributed by atoms with Crippen LogP contribution < -0.4 is 0 Å². The normalized spacial score (nSPS) is 18.2. The molecule has 0 N–H and O–H groups in total. The third-order valence-electron chi connectivity index (χ3n) is 4.06. The standard InChI is InChI=1S/C16H23NO2/c1-17(11-5-8-16(18)19-2)15-10-9-13-6-3-4-7-14(13)12-15/h3-4,6-7,15H,5,8-12H2,1-2H3/t15-/m1/s1. The lowest BCUT2D eigenvalue weighted by Crippen LogP contribution is -2.37. The van der Waals surface area contributed by atoms with Crippen LogP contribution in [0.1, 0.15) is 30.4 Å². The van der Waals surface area contributed by atoms with Gasteiger partial charge in [0, 0.05) is 12.5 Å². The molecule has 1 aromatic carbocycles. The van der Waals surface area contributed by atoms with E-state index in [4.69, 9.17) is 0 Å². The zero-order valence-corrected chi connectivity index (χ0v) is 11.9. The minimum absolute atomic E-state index is 0.109. The van der Waals surface area contributed by atoms with Gasteiger partial charge in [0.15, 0.2) is 0 Å². The molecule has 3 nitrogen and oxygen atoms in total. The third kappa shape index (κ3) is 3.80. The van der Waals surface area contributed by atoms with Crippen LogP contribution in [-0.2, 0) is 22.4 Å². The number of aryl methyl sites for hydroxylation is 1. The minimum atomic E-state index is -0.109. The fraction of sp³-hybridized carbons (Fsp3) is 0.562. The summed E-state index contributed by atoms with van der Waals surface area (Å²) in [6.07, 6.45) is 4.91. The summed E-state index contributed by atoms with van der Waals surface area (Å²) in [6.45, 7) is 0.960. The predicted octanol–water partition coefficient (Wildman–Crippen LogP) is 2.43. The number of rotatable bonds is 5. The number of nitrogens with zero attached hydrogens (tertiary/aromatic N) is 1. The van der Waals surface area contributed by atoms with Gasteiger partial charge in [-0.15, -0.1) is 0 Å². The SMILES string of the molecule is COC(=O)CCCN(C)[C@@H]1CCc2ccccc2C1. The van der Waals surface area contributed by atoms with Crippen LogP contribution in [0.5, 0.6) is 0 Å². The second-order valence-corrected chi connectivity index (χ2v) is 5.33. The summed E-state index contributed by atoms with van der Waals surface area (Å²) in [5.41, 5.74) is 2.99. The van der Waals surface area contributed by atoms with Gasteiger partial charge in [-0.3, -0.25) is 4.79 Å². The summed E-state index contributed by atoms with van der Waals surface area (Å²) in [4.78, 5) is 13.5. The maximum absolute atomic E-state index is 11.1. The highest BCUT2D eigenvalue weighted by atomic mass is 16.5. The van der Waals surface area contributed by atoms with Crippen LogP contribution >= 0.6 is 0 Å². The van der Waals surface area contributed by atoms with Crippen molar-refractivity contribution >= 4 is 5.97 Å². The Labute approximate surface area is 115 Å². The Morgan fingerprint density at radius 1 is 1.37 bits per heavy atom. The van der Waals surface area contributed by atoms with E-state index in [-0.39, 0.29) is 5.97 Å². The van der Waals surface area contributed by atoms with Crippen molar-refractivity contribution < 1.29 is 9.53 Å². The van der Waals surface area contributed by atoms with E-state index in [1.165, 1.54) is 31.1 Å². The summed E-state index contributed by atoms with van der Waals surface area (Å²) >= 11 is 0. The molecule has 0 aromatic heterocycles. The number of likely N-dealkylation sites (N-methyl/N-ethyl adjacent to an activating group) is 1. The molecule has 0 radical (unpaired) electrons. The maximum atomic E-state index is 11.1. The van der Waals surface area contributed by atoms with Crippen molar-refractivity contribution in [3.8, 4) is 0 Å². The van der Waals surface area contributed by atoms with Gasteiger partial charge in [-0.25, -0.2) is 0 Å². The first-order valence-electron chi connectivity index (χ1n) is 7.04. The molecular weight excluding hydrogens is 238 g/mol. The summed E-state index contributed by atoms with van der Waals surface area (Å²) in [5, 5.41) is 0. The molecule has 0 aliphatic heterocycles. The number of carbonyl (C=O) groups is 1. The first kappa shape index (κ1) is 14.1. The fourth-order valence-corrected chi connectivity index (χ4v) is 2.81. The lowest BCUT2D eigenvalue weighted by Gasteiger charge is -2.32. The molecule has 1 aliphatic carbocycles. The van der Waals surface area contributed by atoms with Gasteiger partial charge in [-0.05, 0) is 50.4 Å². The van der Waals surface area contributed by atoms with Gasteiger partial charge in [-0.1, -0.05) is 24.3 Å². The highest BCUT2D eigenvalue weighted by molar-refractivity contribution is 5.69. The maximum Gasteiger partial charge on any atom is 0.305 e. The van der Waals surface area contributed by atoms with Crippen LogP contribution in [0.25, 0.3) is 0 Å². The average Bonchev–Trinajstić information content (AvgIpc) is 2.46. The van der Waals surface area contributed by atoms with Crippen LogP contribution in [0, 0.1) is 0 Å². The molecule has 3 heteroatoms. The van der Waals surface area contributed by atoms with Gasteiger partial charge >= 0.3 is 5.97 Å². The van der Waals surface area contributed by atoms with Crippen LogP contribution in [-0.4, -0.2) is 37.6 Å². The average molecular weight is 261 g/mol. The Hall–Kier alpha value is -1.35. The largest absolute Gasteiger partial charge is 0.469 e. The predicted molar refractivity (Wildman–Crippen MR) is 76.1 cm³/mol. The van der Waals surface area contributed by atoms with E-state index in [9.17, 15) is 4.79 Å². The molecule has 1 aromatic rings. The molecule has 104 valence electrons. The summed E-state index contributed by atoms with van der Waals surface area (Å²) in [6, 6.07) is 9.33. The quantitative estimate of drug-likeness (QED) is 0.762. The summed E-state index contributed by atoms with van der Waals surface area (Å²) in [5.74, 6) is -0.109. The van der Waals surface area contributed by atoms with Crippen LogP contribution in [0.15, 0.2) is 24.3 Å². The zero-order chi connectivity index (χ0) is 13.7. The van der Waals surface area contributed by atoms with Crippen molar-refractivity contribution in [3.63, 3.8) is 0 Å². The number of hydrogen-bond acceptors (Lipinski definition) is 3. The Morgan fingerprint density at radius 2 is 2.11 bits per heavy atom. The highest BCUT2D eigenvalue weighted by Crippen LogP contribution is 2.23.